The molecule has 19 heavy (non-hydrogen) atoms. The standard InChI is InChI=1S/C13H24N2O4/c1-3-4-11(7-12(16)17)14-13(18)15-6-5-10(8-15)9-19-2/h10-11H,3-9H2,1-2H3,(H,14,18)(H,16,17). The molecule has 1 fully saturated rings. The lowest BCUT2D eigenvalue weighted by atomic mass is 10.1. The fourth-order valence-corrected chi connectivity index (χ4v) is 2.44. The Kier molecular flexibility index (Phi) is 6.62. The maximum Gasteiger partial charge on any atom is 0.317 e. The Bertz CT molecular complexity index is 309. The van der Waals surface area contributed by atoms with Gasteiger partial charge in [-0.15, -0.1) is 0 Å². The second-order valence-electron chi connectivity index (χ2n) is 5.09. The molecule has 0 bridgehead atoms. The number of carbonyl (C=O) groups excluding carboxylic acids is 1. The van der Waals surface area contributed by atoms with Crippen molar-refractivity contribution in [3.63, 3.8) is 0 Å². The van der Waals surface area contributed by atoms with Crippen molar-refractivity contribution in [2.24, 2.45) is 5.92 Å². The Morgan fingerprint density at radius 2 is 2.26 bits per heavy atom. The molecular weight excluding hydrogens is 248 g/mol. The Morgan fingerprint density at radius 3 is 2.84 bits per heavy atom. The van der Waals surface area contributed by atoms with Gasteiger partial charge in [0.1, 0.15) is 0 Å². The fourth-order valence-electron chi connectivity index (χ4n) is 2.44. The van der Waals surface area contributed by atoms with Crippen molar-refractivity contribution in [2.75, 3.05) is 26.8 Å². The molecule has 2 N–H and O–H groups in total. The first-order chi connectivity index (χ1) is 9.06. The summed E-state index contributed by atoms with van der Waals surface area (Å²) in [7, 11) is 1.66. The molecule has 1 heterocycles. The molecule has 2 unspecified atom stereocenters. The zero-order chi connectivity index (χ0) is 14.3. The van der Waals surface area contributed by atoms with Crippen LogP contribution in [0.25, 0.3) is 0 Å². The molecule has 0 spiro atoms. The van der Waals surface area contributed by atoms with E-state index in [1.165, 1.54) is 0 Å². The number of aliphatic carboxylic acids is 1. The Balaban J connectivity index is 2.41. The van der Waals surface area contributed by atoms with Crippen molar-refractivity contribution in [3.05, 3.63) is 0 Å². The summed E-state index contributed by atoms with van der Waals surface area (Å²) in [5, 5.41) is 11.6. The Hall–Kier alpha value is -1.30. The van der Waals surface area contributed by atoms with E-state index in [1.807, 2.05) is 6.92 Å². The summed E-state index contributed by atoms with van der Waals surface area (Å²) >= 11 is 0. The van der Waals surface area contributed by atoms with E-state index in [-0.39, 0.29) is 18.5 Å². The van der Waals surface area contributed by atoms with Crippen LogP contribution in [0.3, 0.4) is 0 Å². The quantitative estimate of drug-likeness (QED) is 0.732. The monoisotopic (exact) mass is 272 g/mol. The van der Waals surface area contributed by atoms with Gasteiger partial charge in [-0.05, 0) is 12.8 Å². The molecular formula is C13H24N2O4. The molecule has 1 rings (SSSR count). The molecule has 0 radical (unpaired) electrons. The number of methoxy groups -OCH3 is 1. The van der Waals surface area contributed by atoms with Crippen LogP contribution < -0.4 is 5.32 Å². The van der Waals surface area contributed by atoms with Gasteiger partial charge >= 0.3 is 12.0 Å². The van der Waals surface area contributed by atoms with E-state index in [2.05, 4.69) is 5.32 Å². The fraction of sp³-hybridized carbons (Fsp3) is 0.846. The molecule has 1 aliphatic rings. The maximum atomic E-state index is 12.0. The van der Waals surface area contributed by atoms with E-state index in [0.717, 1.165) is 12.8 Å². The van der Waals surface area contributed by atoms with Crippen molar-refractivity contribution < 1.29 is 19.4 Å². The van der Waals surface area contributed by atoms with Gasteiger partial charge in [-0.2, -0.15) is 0 Å². The van der Waals surface area contributed by atoms with Crippen molar-refractivity contribution in [1.82, 2.24) is 10.2 Å². The lowest BCUT2D eigenvalue weighted by molar-refractivity contribution is -0.137. The number of urea groups is 1. The number of ether oxygens (including phenoxy) is 1. The van der Waals surface area contributed by atoms with Crippen molar-refractivity contribution >= 4 is 12.0 Å². The minimum atomic E-state index is -0.877. The van der Waals surface area contributed by atoms with Gasteiger partial charge in [-0.3, -0.25) is 4.79 Å². The third-order valence-electron chi connectivity index (χ3n) is 3.36. The minimum absolute atomic E-state index is 0.0189. The van der Waals surface area contributed by atoms with E-state index in [9.17, 15) is 9.59 Å². The normalized spacial score (nSPS) is 20.3. The van der Waals surface area contributed by atoms with Crippen molar-refractivity contribution in [3.8, 4) is 0 Å². The first kappa shape index (κ1) is 15.8. The van der Waals surface area contributed by atoms with E-state index >= 15 is 0 Å². The zero-order valence-electron chi connectivity index (χ0n) is 11.7. The molecule has 6 heteroatoms. The highest BCUT2D eigenvalue weighted by atomic mass is 16.5. The molecule has 0 aromatic carbocycles. The number of hydrogen-bond donors (Lipinski definition) is 2. The van der Waals surface area contributed by atoms with Gasteiger partial charge in [-0.1, -0.05) is 13.3 Å². The average molecular weight is 272 g/mol. The van der Waals surface area contributed by atoms with Gasteiger partial charge in [0.15, 0.2) is 0 Å². The largest absolute Gasteiger partial charge is 0.481 e. The highest BCUT2D eigenvalue weighted by molar-refractivity contribution is 5.76. The molecule has 1 saturated heterocycles. The van der Waals surface area contributed by atoms with Crippen LogP contribution in [-0.2, 0) is 9.53 Å². The van der Waals surface area contributed by atoms with Crippen LogP contribution in [0, 0.1) is 5.92 Å². The topological polar surface area (TPSA) is 78.9 Å². The molecule has 0 saturated carbocycles. The van der Waals surface area contributed by atoms with Crippen LogP contribution in [0.1, 0.15) is 32.6 Å². The molecule has 1 aliphatic heterocycles. The van der Waals surface area contributed by atoms with E-state index < -0.39 is 5.97 Å². The van der Waals surface area contributed by atoms with Crippen LogP contribution in [0.5, 0.6) is 0 Å². The number of nitrogens with one attached hydrogen (secondary N) is 1. The summed E-state index contributed by atoms with van der Waals surface area (Å²) in [4.78, 5) is 24.5. The SMILES string of the molecule is CCCC(CC(=O)O)NC(=O)N1CCC(COC)C1. The van der Waals surface area contributed by atoms with E-state index in [0.29, 0.717) is 32.0 Å². The third kappa shape index (κ3) is 5.46. The number of rotatable bonds is 7. The summed E-state index contributed by atoms with van der Waals surface area (Å²) in [6, 6.07) is -0.435. The Labute approximate surface area is 114 Å². The van der Waals surface area contributed by atoms with Gasteiger partial charge in [0, 0.05) is 32.2 Å². The number of hydrogen-bond acceptors (Lipinski definition) is 3. The summed E-state index contributed by atoms with van der Waals surface area (Å²) in [6.07, 6.45) is 2.46. The zero-order valence-corrected chi connectivity index (χ0v) is 11.7. The first-order valence-corrected chi connectivity index (χ1v) is 6.83. The van der Waals surface area contributed by atoms with Gasteiger partial charge in [0.2, 0.25) is 0 Å². The first-order valence-electron chi connectivity index (χ1n) is 6.83. The molecule has 0 aromatic heterocycles. The number of carboxylic acids is 1. The lowest BCUT2D eigenvalue weighted by Gasteiger charge is -2.22. The van der Waals surface area contributed by atoms with Gasteiger partial charge in [0.25, 0.3) is 0 Å². The summed E-state index contributed by atoms with van der Waals surface area (Å²) < 4.78 is 5.09. The summed E-state index contributed by atoms with van der Waals surface area (Å²) in [5.41, 5.74) is 0. The number of likely N-dealkylation sites (tertiary alicyclic amines) is 1. The second kappa shape index (κ2) is 7.99. The van der Waals surface area contributed by atoms with E-state index in [4.69, 9.17) is 9.84 Å². The van der Waals surface area contributed by atoms with Crippen LogP contribution in [0.2, 0.25) is 0 Å². The van der Waals surface area contributed by atoms with Crippen molar-refractivity contribution in [2.45, 2.75) is 38.6 Å². The van der Waals surface area contributed by atoms with Crippen LogP contribution in [0.4, 0.5) is 4.79 Å². The smallest absolute Gasteiger partial charge is 0.317 e. The highest BCUT2D eigenvalue weighted by Gasteiger charge is 2.27. The summed E-state index contributed by atoms with van der Waals surface area (Å²) in [5.74, 6) is -0.489. The number of nitrogens with zero attached hydrogens (tertiary/aromatic N) is 1. The van der Waals surface area contributed by atoms with Gasteiger partial charge in [-0.25, -0.2) is 4.79 Å². The molecule has 6 nitrogen and oxygen atoms in total. The van der Waals surface area contributed by atoms with Gasteiger partial charge < -0.3 is 20.1 Å². The summed E-state index contributed by atoms with van der Waals surface area (Å²) in [6.45, 7) is 4.04. The molecule has 2 atom stereocenters. The Morgan fingerprint density at radius 1 is 1.53 bits per heavy atom. The second-order valence-corrected chi connectivity index (χ2v) is 5.09. The number of amides is 2. The number of carbonyl (C=O) groups is 2. The highest BCUT2D eigenvalue weighted by Crippen LogP contribution is 2.16. The predicted octanol–water partition coefficient (Wildman–Crippen LogP) is 1.31. The van der Waals surface area contributed by atoms with Crippen LogP contribution in [0.15, 0.2) is 0 Å². The minimum Gasteiger partial charge on any atom is -0.481 e. The molecule has 110 valence electrons. The number of carboxylic acid groups (broad SMARTS) is 1. The third-order valence-corrected chi connectivity index (χ3v) is 3.36. The molecule has 0 aliphatic carbocycles. The molecule has 2 amide bonds. The maximum absolute atomic E-state index is 12.0. The van der Waals surface area contributed by atoms with Crippen LogP contribution >= 0.6 is 0 Å². The van der Waals surface area contributed by atoms with Crippen LogP contribution in [-0.4, -0.2) is 54.9 Å². The lowest BCUT2D eigenvalue weighted by Crippen LogP contribution is -2.44. The average Bonchev–Trinajstić information content (AvgIpc) is 2.77. The predicted molar refractivity (Wildman–Crippen MR) is 71.0 cm³/mol. The van der Waals surface area contributed by atoms with E-state index in [1.54, 1.807) is 12.0 Å². The van der Waals surface area contributed by atoms with Crippen molar-refractivity contribution in [1.29, 1.82) is 0 Å². The molecule has 0 aromatic rings. The van der Waals surface area contributed by atoms with Gasteiger partial charge in [0.05, 0.1) is 13.0 Å².